The number of aliphatic hydroxyl groups is 1. The third-order valence-corrected chi connectivity index (χ3v) is 12.1. The van der Waals surface area contributed by atoms with Crippen molar-refractivity contribution in [1.82, 2.24) is 0 Å². The molecule has 4 aliphatic rings. The van der Waals surface area contributed by atoms with Gasteiger partial charge in [-0.05, 0) is 116 Å². The number of hydrogen-bond acceptors (Lipinski definition) is 4. The Labute approximate surface area is 208 Å². The van der Waals surface area contributed by atoms with E-state index in [2.05, 4.69) is 27.7 Å². The standard InChI is InChI=1S/C28H50O5S/c1-17(2)25(33-34(30,31)32)10-7-19(4)21-8-9-22-26-23(12-14-28(21,22)6)27(5)13-11-18(3)15-20(27)16-24(26)29/h17-26,29H,7-16H2,1-6H3,(H,30,31,32)/t18-,19+,20+,21?,22?,23?,24?,25?,26?,27-,28+/m0/s1. The minimum absolute atomic E-state index is 0.0285. The third-order valence-electron chi connectivity index (χ3n) is 11.6. The molecule has 4 saturated carbocycles. The smallest absolute Gasteiger partial charge is 0.393 e. The van der Waals surface area contributed by atoms with Gasteiger partial charge in [0.25, 0.3) is 0 Å². The van der Waals surface area contributed by atoms with Crippen molar-refractivity contribution >= 4 is 10.4 Å². The van der Waals surface area contributed by atoms with Gasteiger partial charge in [-0.15, -0.1) is 0 Å². The normalized spacial score (nSPS) is 46.4. The van der Waals surface area contributed by atoms with E-state index in [0.29, 0.717) is 47.3 Å². The molecule has 6 unspecified atom stereocenters. The molecule has 0 saturated heterocycles. The number of aliphatic hydroxyl groups excluding tert-OH is 1. The van der Waals surface area contributed by atoms with Gasteiger partial charge in [-0.2, -0.15) is 8.42 Å². The fraction of sp³-hybridized carbons (Fsp3) is 1.00. The van der Waals surface area contributed by atoms with Crippen LogP contribution in [0, 0.1) is 58.2 Å². The van der Waals surface area contributed by atoms with Crippen LogP contribution < -0.4 is 0 Å². The van der Waals surface area contributed by atoms with Crippen molar-refractivity contribution in [2.75, 3.05) is 0 Å². The molecule has 4 aliphatic carbocycles. The topological polar surface area (TPSA) is 83.8 Å². The third kappa shape index (κ3) is 4.87. The molecule has 4 fully saturated rings. The van der Waals surface area contributed by atoms with Crippen LogP contribution in [-0.4, -0.2) is 30.3 Å². The summed E-state index contributed by atoms with van der Waals surface area (Å²) in [6.45, 7) is 13.7. The molecule has 0 heterocycles. The van der Waals surface area contributed by atoms with Crippen molar-refractivity contribution < 1.29 is 22.3 Å². The van der Waals surface area contributed by atoms with Gasteiger partial charge in [0.05, 0.1) is 12.2 Å². The second-order valence-corrected chi connectivity index (χ2v) is 14.8. The number of rotatable bonds is 7. The van der Waals surface area contributed by atoms with Gasteiger partial charge in [-0.1, -0.05) is 48.0 Å². The molecule has 0 radical (unpaired) electrons. The van der Waals surface area contributed by atoms with Gasteiger partial charge in [0, 0.05) is 0 Å². The van der Waals surface area contributed by atoms with Crippen LogP contribution in [0.4, 0.5) is 0 Å². The van der Waals surface area contributed by atoms with Gasteiger partial charge >= 0.3 is 10.4 Å². The molecule has 0 aromatic carbocycles. The summed E-state index contributed by atoms with van der Waals surface area (Å²) in [6, 6.07) is 0. The maximum absolute atomic E-state index is 11.5. The molecule has 0 aliphatic heterocycles. The Hall–Kier alpha value is -0.170. The van der Waals surface area contributed by atoms with E-state index in [0.717, 1.165) is 18.8 Å². The maximum atomic E-state index is 11.5. The highest BCUT2D eigenvalue weighted by molar-refractivity contribution is 7.80. The number of fused-ring (bicyclic) bond motifs is 5. The SMILES string of the molecule is CC(C)C(CC[C@@H](C)C1CCC2C3C(O)C[C@H]4C[C@@H](C)CC[C@]4(C)C3CC[C@@]21C)OS(=O)(=O)O. The van der Waals surface area contributed by atoms with E-state index in [1.807, 2.05) is 13.8 Å². The summed E-state index contributed by atoms with van der Waals surface area (Å²) in [5.74, 6) is 4.28. The summed E-state index contributed by atoms with van der Waals surface area (Å²) in [5, 5.41) is 11.5. The molecular formula is C28H50O5S. The summed E-state index contributed by atoms with van der Waals surface area (Å²) in [7, 11) is -4.43. The van der Waals surface area contributed by atoms with Gasteiger partial charge in [0.1, 0.15) is 0 Å². The van der Waals surface area contributed by atoms with Crippen molar-refractivity contribution in [2.45, 2.75) is 118 Å². The molecule has 0 bridgehead atoms. The predicted molar refractivity (Wildman–Crippen MR) is 135 cm³/mol. The predicted octanol–water partition coefficient (Wildman–Crippen LogP) is 6.51. The van der Waals surface area contributed by atoms with E-state index in [1.54, 1.807) is 0 Å². The lowest BCUT2D eigenvalue weighted by Crippen LogP contribution is -2.58. The Kier molecular flexibility index (Phi) is 7.60. The van der Waals surface area contributed by atoms with E-state index in [-0.39, 0.29) is 17.4 Å². The minimum Gasteiger partial charge on any atom is -0.393 e. The van der Waals surface area contributed by atoms with Crippen LogP contribution in [0.3, 0.4) is 0 Å². The molecule has 0 aromatic rings. The molecule has 11 atom stereocenters. The molecule has 0 aromatic heterocycles. The fourth-order valence-electron chi connectivity index (χ4n) is 9.69. The summed E-state index contributed by atoms with van der Waals surface area (Å²) >= 11 is 0. The first kappa shape index (κ1) is 26.9. The average Bonchev–Trinajstić information content (AvgIpc) is 3.08. The molecule has 0 spiro atoms. The lowest BCUT2D eigenvalue weighted by atomic mass is 9.43. The molecule has 6 heteroatoms. The zero-order valence-electron chi connectivity index (χ0n) is 22.4. The lowest BCUT2D eigenvalue weighted by Gasteiger charge is -2.62. The first-order valence-electron chi connectivity index (χ1n) is 14.1. The van der Waals surface area contributed by atoms with Crippen molar-refractivity contribution in [2.24, 2.45) is 58.2 Å². The monoisotopic (exact) mass is 498 g/mol. The lowest BCUT2D eigenvalue weighted by molar-refractivity contribution is -0.168. The van der Waals surface area contributed by atoms with Gasteiger partial charge < -0.3 is 5.11 Å². The minimum atomic E-state index is -4.43. The van der Waals surface area contributed by atoms with Crippen LogP contribution >= 0.6 is 0 Å². The molecule has 0 amide bonds. The van der Waals surface area contributed by atoms with E-state index >= 15 is 0 Å². The summed E-state index contributed by atoms with van der Waals surface area (Å²) in [6.07, 6.45) is 10.8. The average molecular weight is 499 g/mol. The Morgan fingerprint density at radius 1 is 0.941 bits per heavy atom. The molecule has 4 rings (SSSR count). The van der Waals surface area contributed by atoms with Crippen LogP contribution in [0.1, 0.15) is 106 Å². The molecule has 5 nitrogen and oxygen atoms in total. The van der Waals surface area contributed by atoms with Gasteiger partial charge in [-0.25, -0.2) is 4.18 Å². The van der Waals surface area contributed by atoms with Crippen molar-refractivity contribution in [3.05, 3.63) is 0 Å². The second-order valence-electron chi connectivity index (χ2n) is 13.8. The first-order valence-corrected chi connectivity index (χ1v) is 15.5. The van der Waals surface area contributed by atoms with Crippen LogP contribution in [0.5, 0.6) is 0 Å². The van der Waals surface area contributed by atoms with Crippen molar-refractivity contribution in [3.63, 3.8) is 0 Å². The van der Waals surface area contributed by atoms with E-state index < -0.39 is 16.5 Å². The summed E-state index contributed by atoms with van der Waals surface area (Å²) < 4.78 is 36.8. The zero-order chi connectivity index (χ0) is 25.1. The van der Waals surface area contributed by atoms with Gasteiger partial charge in [-0.3, -0.25) is 4.55 Å². The highest BCUT2D eigenvalue weighted by Crippen LogP contribution is 2.68. The number of hydrogen-bond donors (Lipinski definition) is 2. The molecule has 34 heavy (non-hydrogen) atoms. The summed E-state index contributed by atoms with van der Waals surface area (Å²) in [4.78, 5) is 0. The Morgan fingerprint density at radius 3 is 2.24 bits per heavy atom. The Morgan fingerprint density at radius 2 is 1.59 bits per heavy atom. The highest BCUT2D eigenvalue weighted by atomic mass is 32.3. The molecule has 2 N–H and O–H groups in total. The van der Waals surface area contributed by atoms with Gasteiger partial charge in [0.15, 0.2) is 0 Å². The zero-order valence-corrected chi connectivity index (χ0v) is 23.2. The first-order chi connectivity index (χ1) is 15.8. The van der Waals surface area contributed by atoms with E-state index in [4.69, 9.17) is 4.18 Å². The van der Waals surface area contributed by atoms with Crippen LogP contribution in [0.15, 0.2) is 0 Å². The van der Waals surface area contributed by atoms with E-state index in [9.17, 15) is 18.1 Å². The van der Waals surface area contributed by atoms with Crippen molar-refractivity contribution in [1.29, 1.82) is 0 Å². The van der Waals surface area contributed by atoms with Crippen LogP contribution in [-0.2, 0) is 14.6 Å². The Balaban J connectivity index is 1.47. The quantitative estimate of drug-likeness (QED) is 0.391. The van der Waals surface area contributed by atoms with Gasteiger partial charge in [0.2, 0.25) is 0 Å². The second kappa shape index (κ2) is 9.61. The van der Waals surface area contributed by atoms with Crippen LogP contribution in [0.25, 0.3) is 0 Å². The largest absolute Gasteiger partial charge is 0.397 e. The highest BCUT2D eigenvalue weighted by Gasteiger charge is 2.62. The molecule has 198 valence electrons. The maximum Gasteiger partial charge on any atom is 0.397 e. The Bertz CT molecular complexity index is 827. The van der Waals surface area contributed by atoms with Crippen molar-refractivity contribution in [3.8, 4) is 0 Å². The molecular weight excluding hydrogens is 448 g/mol. The summed E-state index contributed by atoms with van der Waals surface area (Å²) in [5.41, 5.74) is 0.656. The van der Waals surface area contributed by atoms with E-state index in [1.165, 1.54) is 44.9 Å². The van der Waals surface area contributed by atoms with Crippen LogP contribution in [0.2, 0.25) is 0 Å². The fourth-order valence-corrected chi connectivity index (χ4v) is 10.3.